The zero-order chi connectivity index (χ0) is 18.9. The van der Waals surface area contributed by atoms with Crippen molar-refractivity contribution in [2.75, 3.05) is 0 Å². The van der Waals surface area contributed by atoms with Crippen molar-refractivity contribution in [2.24, 2.45) is 0 Å². The summed E-state index contributed by atoms with van der Waals surface area (Å²) in [4.78, 5) is 29.3. The molecule has 2 amide bonds. The van der Waals surface area contributed by atoms with Gasteiger partial charge in [0.15, 0.2) is 10.2 Å². The first-order chi connectivity index (χ1) is 13.2. The van der Waals surface area contributed by atoms with Gasteiger partial charge in [-0.2, -0.15) is 0 Å². The number of carbonyl (C=O) groups is 2. The Labute approximate surface area is 167 Å². The van der Waals surface area contributed by atoms with Crippen LogP contribution in [-0.2, 0) is 22.7 Å². The second-order valence-corrected chi connectivity index (χ2v) is 9.20. The molecule has 138 valence electrons. The number of fused-ring (bicyclic) bond motifs is 3. The fourth-order valence-electron chi connectivity index (χ4n) is 3.52. The molecule has 0 N–H and O–H groups in total. The Morgan fingerprint density at radius 2 is 1.56 bits per heavy atom. The maximum atomic E-state index is 13.5. The average molecular weight is 397 g/mol. The second kappa shape index (κ2) is 7.44. The van der Waals surface area contributed by atoms with Gasteiger partial charge in [-0.25, -0.2) is 0 Å². The van der Waals surface area contributed by atoms with Crippen LogP contribution in [0.4, 0.5) is 0 Å². The maximum Gasteiger partial charge on any atom is 0.261 e. The molecule has 0 spiro atoms. The van der Waals surface area contributed by atoms with Gasteiger partial charge in [-0.1, -0.05) is 88.3 Å². The molecule has 5 rings (SSSR count). The molecule has 2 aromatic rings. The van der Waals surface area contributed by atoms with Crippen molar-refractivity contribution in [2.45, 2.75) is 29.8 Å². The van der Waals surface area contributed by atoms with E-state index in [0.717, 1.165) is 11.1 Å². The molecule has 0 aromatic heterocycles. The molecule has 2 bridgehead atoms. The van der Waals surface area contributed by atoms with Gasteiger partial charge in [-0.3, -0.25) is 9.59 Å². The van der Waals surface area contributed by atoms with Crippen LogP contribution in [0.25, 0.3) is 0 Å². The van der Waals surface area contributed by atoms with Gasteiger partial charge in [-0.15, -0.1) is 6.58 Å². The molecule has 3 saturated heterocycles. The third-order valence-corrected chi connectivity index (χ3v) is 8.10. The number of piperazine rings is 1. The summed E-state index contributed by atoms with van der Waals surface area (Å²) in [6, 6.07) is 19.7. The zero-order valence-corrected chi connectivity index (χ0v) is 16.4. The number of carbonyl (C=O) groups excluding carboxylic acids is 2. The van der Waals surface area contributed by atoms with Crippen molar-refractivity contribution in [1.82, 2.24) is 9.80 Å². The summed E-state index contributed by atoms with van der Waals surface area (Å²) in [6.45, 7) is 4.72. The molecule has 3 fully saturated rings. The van der Waals surface area contributed by atoms with Gasteiger partial charge in [0.25, 0.3) is 11.8 Å². The highest BCUT2D eigenvalue weighted by Gasteiger charge is 2.61. The summed E-state index contributed by atoms with van der Waals surface area (Å²) in [5.74, 6) is -0.00415. The van der Waals surface area contributed by atoms with E-state index in [4.69, 9.17) is 0 Å². The summed E-state index contributed by atoms with van der Waals surface area (Å²) < 4.78 is 0. The number of benzene rings is 2. The van der Waals surface area contributed by atoms with E-state index in [2.05, 4.69) is 6.58 Å². The SMILES string of the molecule is C=CC[C@@]12SS[C@@H](C(=O)N1Cc1ccccc1)N(Cc1ccccc1)C2=O. The summed E-state index contributed by atoms with van der Waals surface area (Å²) in [5.41, 5.74) is 2.05. The van der Waals surface area contributed by atoms with Crippen LogP contribution in [0.1, 0.15) is 17.5 Å². The van der Waals surface area contributed by atoms with Crippen LogP contribution in [0.5, 0.6) is 0 Å². The van der Waals surface area contributed by atoms with Gasteiger partial charge < -0.3 is 9.80 Å². The number of nitrogens with zero attached hydrogens (tertiary/aromatic N) is 2. The van der Waals surface area contributed by atoms with Crippen LogP contribution in [0.3, 0.4) is 0 Å². The molecule has 27 heavy (non-hydrogen) atoms. The Morgan fingerprint density at radius 1 is 0.963 bits per heavy atom. The maximum absolute atomic E-state index is 13.5. The van der Waals surface area contributed by atoms with E-state index >= 15 is 0 Å². The summed E-state index contributed by atoms with van der Waals surface area (Å²) in [5, 5.41) is -0.488. The minimum Gasteiger partial charge on any atom is -0.314 e. The van der Waals surface area contributed by atoms with Gasteiger partial charge >= 0.3 is 0 Å². The highest BCUT2D eigenvalue weighted by atomic mass is 33.1. The average Bonchev–Trinajstić information content (AvgIpc) is 2.70. The van der Waals surface area contributed by atoms with E-state index in [1.807, 2.05) is 60.7 Å². The summed E-state index contributed by atoms with van der Waals surface area (Å²) in [6.07, 6.45) is 2.17. The lowest BCUT2D eigenvalue weighted by molar-refractivity contribution is -0.161. The van der Waals surface area contributed by atoms with E-state index in [0.29, 0.717) is 19.5 Å². The Hall–Kier alpha value is -2.18. The summed E-state index contributed by atoms with van der Waals surface area (Å²) >= 11 is 0. The molecule has 2 aromatic carbocycles. The summed E-state index contributed by atoms with van der Waals surface area (Å²) in [7, 11) is 2.99. The largest absolute Gasteiger partial charge is 0.314 e. The van der Waals surface area contributed by atoms with Gasteiger partial charge in [0.1, 0.15) is 0 Å². The predicted molar refractivity (Wildman–Crippen MR) is 110 cm³/mol. The monoisotopic (exact) mass is 396 g/mol. The molecule has 0 radical (unpaired) electrons. The Balaban J connectivity index is 1.67. The fourth-order valence-corrected chi connectivity index (χ4v) is 6.87. The highest BCUT2D eigenvalue weighted by molar-refractivity contribution is 8.78. The molecule has 3 aliphatic rings. The van der Waals surface area contributed by atoms with Gasteiger partial charge in [0.2, 0.25) is 0 Å². The first-order valence-corrected chi connectivity index (χ1v) is 11.0. The second-order valence-electron chi connectivity index (χ2n) is 6.64. The van der Waals surface area contributed by atoms with Crippen molar-refractivity contribution >= 4 is 33.4 Å². The topological polar surface area (TPSA) is 40.6 Å². The smallest absolute Gasteiger partial charge is 0.261 e. The van der Waals surface area contributed by atoms with Crippen molar-refractivity contribution in [1.29, 1.82) is 0 Å². The lowest BCUT2D eigenvalue weighted by Crippen LogP contribution is -2.71. The molecular formula is C21H20N2O2S2. The molecule has 3 aliphatic heterocycles. The van der Waals surface area contributed by atoms with Crippen LogP contribution < -0.4 is 0 Å². The van der Waals surface area contributed by atoms with Crippen LogP contribution in [0.2, 0.25) is 0 Å². The third-order valence-electron chi connectivity index (χ3n) is 4.87. The lowest BCUT2D eigenvalue weighted by Gasteiger charge is -2.55. The van der Waals surface area contributed by atoms with Crippen molar-refractivity contribution in [3.05, 3.63) is 84.4 Å². The molecule has 0 saturated carbocycles. The van der Waals surface area contributed by atoms with Crippen LogP contribution >= 0.6 is 21.6 Å². The standard InChI is InChI=1S/C21H20N2O2S2/c1-2-13-21-20(25)22(14-16-9-5-3-6-10-16)19(26-27-21)18(24)23(21)15-17-11-7-4-8-12-17/h2-12,19H,1,13-15H2/t19-,21-/m0/s1. The molecule has 2 atom stereocenters. The Morgan fingerprint density at radius 3 is 2.15 bits per heavy atom. The molecular weight excluding hydrogens is 376 g/mol. The first kappa shape index (κ1) is 18.2. The molecule has 0 aliphatic carbocycles. The normalized spacial score (nSPS) is 24.4. The molecule has 0 unspecified atom stereocenters. The Kier molecular flexibility index (Phi) is 5.02. The van der Waals surface area contributed by atoms with E-state index in [9.17, 15) is 9.59 Å². The lowest BCUT2D eigenvalue weighted by atomic mass is 10.0. The van der Waals surface area contributed by atoms with E-state index < -0.39 is 10.2 Å². The van der Waals surface area contributed by atoms with Crippen LogP contribution in [0, 0.1) is 0 Å². The first-order valence-electron chi connectivity index (χ1n) is 8.81. The minimum atomic E-state index is -0.928. The minimum absolute atomic E-state index is 0.0000146. The van der Waals surface area contributed by atoms with Crippen molar-refractivity contribution in [3.8, 4) is 0 Å². The predicted octanol–water partition coefficient (Wildman–Crippen LogP) is 4.05. The Bertz CT molecular complexity index is 859. The zero-order valence-electron chi connectivity index (χ0n) is 14.8. The van der Waals surface area contributed by atoms with E-state index in [1.165, 1.54) is 21.6 Å². The van der Waals surface area contributed by atoms with E-state index in [1.54, 1.807) is 15.9 Å². The van der Waals surface area contributed by atoms with Gasteiger partial charge in [-0.05, 0) is 11.1 Å². The molecule has 3 heterocycles. The third kappa shape index (κ3) is 3.17. The fraction of sp³-hybridized carbons (Fsp3) is 0.238. The number of rotatable bonds is 6. The van der Waals surface area contributed by atoms with Crippen molar-refractivity contribution in [3.63, 3.8) is 0 Å². The van der Waals surface area contributed by atoms with Gasteiger partial charge in [0.05, 0.1) is 0 Å². The molecule has 6 heteroatoms. The van der Waals surface area contributed by atoms with Crippen molar-refractivity contribution < 1.29 is 9.59 Å². The van der Waals surface area contributed by atoms with E-state index in [-0.39, 0.29) is 11.8 Å². The quantitative estimate of drug-likeness (QED) is 0.546. The number of hydrogen-bond donors (Lipinski definition) is 0. The number of amides is 2. The molecule has 4 nitrogen and oxygen atoms in total. The van der Waals surface area contributed by atoms with Crippen LogP contribution in [-0.4, -0.2) is 31.9 Å². The number of hydrogen-bond acceptors (Lipinski definition) is 4. The van der Waals surface area contributed by atoms with Crippen LogP contribution in [0.15, 0.2) is 73.3 Å². The highest BCUT2D eigenvalue weighted by Crippen LogP contribution is 2.55. The van der Waals surface area contributed by atoms with Gasteiger partial charge in [0, 0.05) is 19.5 Å².